The molecular weight excluding hydrogens is 374 g/mol. The molecule has 0 atom stereocenters. The molecule has 2 aliphatic rings. The van der Waals surface area contributed by atoms with E-state index in [-0.39, 0.29) is 0 Å². The molecule has 0 saturated carbocycles. The molecule has 7 nitrogen and oxygen atoms in total. The molecule has 7 heteroatoms. The molecule has 3 N–H and O–H groups in total. The third-order valence-electron chi connectivity index (χ3n) is 6.27. The van der Waals surface area contributed by atoms with E-state index in [4.69, 9.17) is 15.7 Å². The first-order chi connectivity index (χ1) is 14.7. The summed E-state index contributed by atoms with van der Waals surface area (Å²) in [6.45, 7) is 4.15. The van der Waals surface area contributed by atoms with E-state index in [0.717, 1.165) is 61.8 Å². The number of benzene rings is 1. The Kier molecular flexibility index (Phi) is 5.77. The van der Waals surface area contributed by atoms with Crippen molar-refractivity contribution in [2.45, 2.75) is 19.3 Å². The molecule has 1 aromatic carbocycles. The third kappa shape index (κ3) is 3.91. The number of hydrogen-bond acceptors (Lipinski definition) is 7. The van der Waals surface area contributed by atoms with Gasteiger partial charge in [0, 0.05) is 62.0 Å². The van der Waals surface area contributed by atoms with E-state index in [1.54, 1.807) is 18.3 Å². The van der Waals surface area contributed by atoms with E-state index in [9.17, 15) is 0 Å². The van der Waals surface area contributed by atoms with Crippen LogP contribution < -0.4 is 15.5 Å². The summed E-state index contributed by atoms with van der Waals surface area (Å²) in [7, 11) is 1.81. The number of nitrogens with one attached hydrogen (secondary N) is 3. The number of piperidine rings is 1. The Hall–Kier alpha value is -3.24. The second-order valence-electron chi connectivity index (χ2n) is 8.07. The van der Waals surface area contributed by atoms with Gasteiger partial charge in [-0.05, 0) is 43.4 Å². The summed E-state index contributed by atoms with van der Waals surface area (Å²) in [5.74, 6) is 0.729. The maximum atomic E-state index is 9.12. The van der Waals surface area contributed by atoms with Crippen molar-refractivity contribution in [2.24, 2.45) is 5.41 Å². The van der Waals surface area contributed by atoms with Crippen molar-refractivity contribution < 1.29 is 0 Å². The van der Waals surface area contributed by atoms with Gasteiger partial charge in [-0.1, -0.05) is 12.1 Å². The van der Waals surface area contributed by atoms with Crippen molar-refractivity contribution in [1.29, 1.82) is 10.7 Å². The van der Waals surface area contributed by atoms with E-state index in [1.165, 1.54) is 12.6 Å². The summed E-state index contributed by atoms with van der Waals surface area (Å²) in [5, 5.41) is 23.4. The van der Waals surface area contributed by atoms with Gasteiger partial charge < -0.3 is 20.9 Å². The van der Waals surface area contributed by atoms with Gasteiger partial charge in [-0.2, -0.15) is 5.26 Å². The summed E-state index contributed by atoms with van der Waals surface area (Å²) in [6, 6.07) is 9.56. The molecule has 2 aromatic rings. The highest BCUT2D eigenvalue weighted by Gasteiger charge is 2.37. The van der Waals surface area contributed by atoms with Crippen LogP contribution in [-0.2, 0) is 0 Å². The van der Waals surface area contributed by atoms with Crippen LogP contribution in [0.4, 0.5) is 5.95 Å². The predicted molar refractivity (Wildman–Crippen MR) is 119 cm³/mol. The molecule has 30 heavy (non-hydrogen) atoms. The minimum Gasteiger partial charge on any atom is -0.393 e. The second kappa shape index (κ2) is 8.64. The van der Waals surface area contributed by atoms with Crippen molar-refractivity contribution in [1.82, 2.24) is 20.6 Å². The minimum absolute atomic E-state index is 0.440. The highest BCUT2D eigenvalue weighted by Crippen LogP contribution is 2.38. The highest BCUT2D eigenvalue weighted by atomic mass is 15.3. The first kappa shape index (κ1) is 20.0. The van der Waals surface area contributed by atoms with Gasteiger partial charge in [0.25, 0.3) is 0 Å². The van der Waals surface area contributed by atoms with Crippen LogP contribution in [0.5, 0.6) is 0 Å². The second-order valence-corrected chi connectivity index (χ2v) is 8.07. The molecule has 0 amide bonds. The Balaban J connectivity index is 1.69. The van der Waals surface area contributed by atoms with Gasteiger partial charge in [0.2, 0.25) is 5.95 Å². The van der Waals surface area contributed by atoms with E-state index < -0.39 is 0 Å². The molecule has 3 heterocycles. The molecule has 154 valence electrons. The van der Waals surface area contributed by atoms with Crippen LogP contribution in [0, 0.1) is 22.2 Å². The summed E-state index contributed by atoms with van der Waals surface area (Å²) in [6.07, 6.45) is 8.46. The molecule has 4 rings (SSSR count). The monoisotopic (exact) mass is 401 g/mol. The Morgan fingerprint density at radius 3 is 2.63 bits per heavy atom. The van der Waals surface area contributed by atoms with E-state index >= 15 is 0 Å². The van der Waals surface area contributed by atoms with Crippen molar-refractivity contribution in [2.75, 3.05) is 38.1 Å². The standard InChI is InChI=1S/C23H27N7/c1-26-14-19(13-25)20-15-28-22(29-21(20)18-4-2-17(12-24)3-5-18)30-10-7-23(8-11-30)6-9-27-16-23/h2-5,13-15,25-27H,6-11,16H2,1H3/b19-14+,25-13?. The lowest BCUT2D eigenvalue weighted by Crippen LogP contribution is -2.42. The number of anilines is 1. The first-order valence-electron chi connectivity index (χ1n) is 10.4. The van der Waals surface area contributed by atoms with E-state index in [0.29, 0.717) is 16.6 Å². The summed E-state index contributed by atoms with van der Waals surface area (Å²) in [4.78, 5) is 11.9. The summed E-state index contributed by atoms with van der Waals surface area (Å²) in [5.41, 5.74) is 4.23. The maximum absolute atomic E-state index is 9.12. The molecular formula is C23H27N7. The number of hydrogen-bond donors (Lipinski definition) is 3. The fourth-order valence-electron chi connectivity index (χ4n) is 4.41. The van der Waals surface area contributed by atoms with Gasteiger partial charge in [0.1, 0.15) is 0 Å². The van der Waals surface area contributed by atoms with Crippen LogP contribution in [0.15, 0.2) is 36.7 Å². The minimum atomic E-state index is 0.440. The molecule has 0 aliphatic carbocycles. The van der Waals surface area contributed by atoms with Gasteiger partial charge in [0.15, 0.2) is 0 Å². The molecule has 0 bridgehead atoms. The average Bonchev–Trinajstić information content (AvgIpc) is 3.25. The lowest BCUT2D eigenvalue weighted by Gasteiger charge is -2.39. The molecule has 2 aliphatic heterocycles. The molecule has 1 aromatic heterocycles. The van der Waals surface area contributed by atoms with Crippen molar-refractivity contribution >= 4 is 17.7 Å². The molecule has 0 radical (unpaired) electrons. The fourth-order valence-corrected chi connectivity index (χ4v) is 4.41. The molecule has 2 fully saturated rings. The average molecular weight is 402 g/mol. The normalized spacial score (nSPS) is 18.3. The smallest absolute Gasteiger partial charge is 0.225 e. The van der Waals surface area contributed by atoms with Gasteiger partial charge in [-0.3, -0.25) is 0 Å². The van der Waals surface area contributed by atoms with Gasteiger partial charge in [-0.15, -0.1) is 0 Å². The zero-order chi connectivity index (χ0) is 21.0. The summed E-state index contributed by atoms with van der Waals surface area (Å²) >= 11 is 0. The van der Waals surface area contributed by atoms with Crippen molar-refractivity contribution in [3.8, 4) is 17.3 Å². The van der Waals surface area contributed by atoms with Crippen molar-refractivity contribution in [3.63, 3.8) is 0 Å². The largest absolute Gasteiger partial charge is 0.393 e. The third-order valence-corrected chi connectivity index (χ3v) is 6.27. The quantitative estimate of drug-likeness (QED) is 0.666. The Bertz CT molecular complexity index is 972. The molecule has 1 spiro atoms. The predicted octanol–water partition coefficient (Wildman–Crippen LogP) is 2.81. The Labute approximate surface area is 177 Å². The highest BCUT2D eigenvalue weighted by molar-refractivity contribution is 6.10. The summed E-state index contributed by atoms with van der Waals surface area (Å²) < 4.78 is 0. The fraction of sp³-hybridized carbons (Fsp3) is 0.391. The maximum Gasteiger partial charge on any atom is 0.225 e. The zero-order valence-electron chi connectivity index (χ0n) is 17.3. The Morgan fingerprint density at radius 2 is 2.03 bits per heavy atom. The van der Waals surface area contributed by atoms with Crippen LogP contribution in [0.25, 0.3) is 16.8 Å². The number of nitrogens with zero attached hydrogens (tertiary/aromatic N) is 4. The van der Waals surface area contributed by atoms with Crippen LogP contribution in [0.1, 0.15) is 30.4 Å². The first-order valence-corrected chi connectivity index (χ1v) is 10.4. The topological polar surface area (TPSA) is 101 Å². The van der Waals surface area contributed by atoms with Gasteiger partial charge >= 0.3 is 0 Å². The number of aromatic nitrogens is 2. The Morgan fingerprint density at radius 1 is 1.27 bits per heavy atom. The SMILES string of the molecule is CN/C=C(\C=N)c1cnc(N2CCC3(CCNC3)CC2)nc1-c1ccc(C#N)cc1. The number of rotatable bonds is 5. The number of allylic oxidation sites excluding steroid dienone is 1. The lowest BCUT2D eigenvalue weighted by atomic mass is 9.78. The van der Waals surface area contributed by atoms with E-state index in [1.807, 2.05) is 25.4 Å². The zero-order valence-corrected chi connectivity index (χ0v) is 17.3. The van der Waals surface area contributed by atoms with Crippen molar-refractivity contribution in [3.05, 3.63) is 47.8 Å². The van der Waals surface area contributed by atoms with Gasteiger partial charge in [0.05, 0.1) is 17.3 Å². The van der Waals surface area contributed by atoms with Crippen LogP contribution >= 0.6 is 0 Å². The van der Waals surface area contributed by atoms with Gasteiger partial charge in [-0.25, -0.2) is 9.97 Å². The van der Waals surface area contributed by atoms with Crippen LogP contribution in [0.3, 0.4) is 0 Å². The van der Waals surface area contributed by atoms with Crippen LogP contribution in [0.2, 0.25) is 0 Å². The molecule has 2 saturated heterocycles. The molecule has 0 unspecified atom stereocenters. The number of nitriles is 1. The van der Waals surface area contributed by atoms with Crippen LogP contribution in [-0.4, -0.2) is 49.4 Å². The lowest BCUT2D eigenvalue weighted by molar-refractivity contribution is 0.246. The van der Waals surface area contributed by atoms with E-state index in [2.05, 4.69) is 26.6 Å².